The third-order valence-electron chi connectivity index (χ3n) is 4.07. The zero-order valence-corrected chi connectivity index (χ0v) is 14.3. The van der Waals surface area contributed by atoms with Gasteiger partial charge in [0, 0.05) is 11.6 Å². The molecule has 2 N–H and O–H groups in total. The molecule has 0 unspecified atom stereocenters. The largest absolute Gasteiger partial charge is 0.497 e. The van der Waals surface area contributed by atoms with Crippen LogP contribution in [0.15, 0.2) is 71.3 Å². The summed E-state index contributed by atoms with van der Waals surface area (Å²) < 4.78 is 12.6. The summed E-state index contributed by atoms with van der Waals surface area (Å²) in [4.78, 5) is 4.57. The van der Waals surface area contributed by atoms with Crippen LogP contribution in [0.4, 0.5) is 5.82 Å². The van der Waals surface area contributed by atoms with Crippen LogP contribution >= 0.6 is 0 Å². The van der Waals surface area contributed by atoms with Gasteiger partial charge in [0.25, 0.3) is 0 Å². The molecule has 0 fully saturated rings. The van der Waals surface area contributed by atoms with Crippen LogP contribution in [0.25, 0.3) is 22.7 Å². The first-order valence-electron chi connectivity index (χ1n) is 8.20. The van der Waals surface area contributed by atoms with E-state index in [0.29, 0.717) is 18.3 Å². The molecule has 2 heterocycles. The van der Waals surface area contributed by atoms with Gasteiger partial charge in [0.15, 0.2) is 0 Å². The number of hydrogen-bond acceptors (Lipinski definition) is 5. The molecule has 130 valence electrons. The van der Waals surface area contributed by atoms with Crippen molar-refractivity contribution in [3.8, 4) is 28.5 Å². The van der Waals surface area contributed by atoms with Crippen molar-refractivity contribution in [2.45, 2.75) is 6.54 Å². The van der Waals surface area contributed by atoms with E-state index in [1.165, 1.54) is 0 Å². The van der Waals surface area contributed by atoms with Gasteiger partial charge in [0.05, 0.1) is 19.3 Å². The topological polar surface area (TPSA) is 79.1 Å². The second-order valence-corrected chi connectivity index (χ2v) is 5.85. The van der Waals surface area contributed by atoms with E-state index in [0.717, 1.165) is 28.3 Å². The fourth-order valence-electron chi connectivity index (χ4n) is 2.80. The Bertz CT molecular complexity index is 1000. The highest BCUT2D eigenvalue weighted by atomic mass is 16.5. The molecule has 0 amide bonds. The lowest BCUT2D eigenvalue weighted by Crippen LogP contribution is -2.04. The number of rotatable bonds is 5. The minimum atomic E-state index is 0.473. The third-order valence-corrected chi connectivity index (χ3v) is 4.07. The molecule has 6 nitrogen and oxygen atoms in total. The Kier molecular flexibility index (Phi) is 4.15. The standard InChI is InChI=1S/C20H18N4O2/c1-25-17-9-7-15(8-10-17)20-22-16(13-26-20)12-24-18(11-19(21)23-24)14-5-3-2-4-6-14/h2-11,13H,12H2,1H3,(H2,21,23). The van der Waals surface area contributed by atoms with Crippen molar-refractivity contribution in [3.63, 3.8) is 0 Å². The van der Waals surface area contributed by atoms with Gasteiger partial charge in [-0.2, -0.15) is 5.10 Å². The van der Waals surface area contributed by atoms with E-state index < -0.39 is 0 Å². The molecular formula is C20H18N4O2. The van der Waals surface area contributed by atoms with Gasteiger partial charge < -0.3 is 14.9 Å². The van der Waals surface area contributed by atoms with Gasteiger partial charge in [-0.25, -0.2) is 4.98 Å². The third kappa shape index (κ3) is 3.17. The van der Waals surface area contributed by atoms with E-state index in [2.05, 4.69) is 10.1 Å². The number of methoxy groups -OCH3 is 1. The molecule has 0 saturated heterocycles. The van der Waals surface area contributed by atoms with Crippen LogP contribution in [0.5, 0.6) is 5.75 Å². The van der Waals surface area contributed by atoms with Crippen LogP contribution in [0.2, 0.25) is 0 Å². The summed E-state index contributed by atoms with van der Waals surface area (Å²) in [6.07, 6.45) is 1.65. The highest BCUT2D eigenvalue weighted by molar-refractivity contribution is 5.62. The first-order chi connectivity index (χ1) is 12.7. The van der Waals surface area contributed by atoms with Gasteiger partial charge in [0.1, 0.15) is 23.5 Å². The zero-order valence-electron chi connectivity index (χ0n) is 14.3. The summed E-state index contributed by atoms with van der Waals surface area (Å²) in [7, 11) is 1.64. The summed E-state index contributed by atoms with van der Waals surface area (Å²) in [5.74, 6) is 1.83. The van der Waals surface area contributed by atoms with Gasteiger partial charge in [0.2, 0.25) is 5.89 Å². The van der Waals surface area contributed by atoms with Gasteiger partial charge in [-0.1, -0.05) is 30.3 Å². The first-order valence-corrected chi connectivity index (χ1v) is 8.20. The molecule has 4 rings (SSSR count). The number of aromatic nitrogens is 3. The van der Waals surface area contributed by atoms with Crippen LogP contribution in [-0.2, 0) is 6.54 Å². The van der Waals surface area contributed by atoms with Crippen LogP contribution in [-0.4, -0.2) is 21.9 Å². The minimum absolute atomic E-state index is 0.473. The highest BCUT2D eigenvalue weighted by Crippen LogP contribution is 2.24. The molecule has 0 spiro atoms. The average Bonchev–Trinajstić information content (AvgIpc) is 3.29. The number of nitrogens with two attached hydrogens (primary N) is 1. The Morgan fingerprint density at radius 2 is 1.81 bits per heavy atom. The maximum absolute atomic E-state index is 5.91. The van der Waals surface area contributed by atoms with E-state index in [1.807, 2.05) is 65.3 Å². The summed E-state index contributed by atoms with van der Waals surface area (Å²) in [6.45, 7) is 0.473. The van der Waals surface area contributed by atoms with Crippen molar-refractivity contribution in [2.75, 3.05) is 12.8 Å². The molecular weight excluding hydrogens is 328 g/mol. The summed E-state index contributed by atoms with van der Waals surface area (Å²) >= 11 is 0. The number of ether oxygens (including phenoxy) is 1. The second kappa shape index (κ2) is 6.76. The Balaban J connectivity index is 1.60. The number of benzene rings is 2. The SMILES string of the molecule is COc1ccc(-c2nc(Cn3nc(N)cc3-c3ccccc3)co2)cc1. The molecule has 0 aliphatic rings. The zero-order chi connectivity index (χ0) is 17.9. The molecule has 0 aliphatic heterocycles. The summed E-state index contributed by atoms with van der Waals surface area (Å²) in [6, 6.07) is 19.4. The molecule has 0 aliphatic carbocycles. The van der Waals surface area contributed by atoms with Gasteiger partial charge in [-0.05, 0) is 29.8 Å². The van der Waals surface area contributed by atoms with Crippen molar-refractivity contribution in [1.29, 1.82) is 0 Å². The lowest BCUT2D eigenvalue weighted by Gasteiger charge is -2.05. The molecule has 0 radical (unpaired) electrons. The van der Waals surface area contributed by atoms with Crippen molar-refractivity contribution in [3.05, 3.63) is 72.6 Å². The monoisotopic (exact) mass is 346 g/mol. The van der Waals surface area contributed by atoms with E-state index in [4.69, 9.17) is 14.9 Å². The number of hydrogen-bond donors (Lipinski definition) is 1. The minimum Gasteiger partial charge on any atom is -0.497 e. The molecule has 2 aromatic carbocycles. The Morgan fingerprint density at radius 3 is 2.54 bits per heavy atom. The Morgan fingerprint density at radius 1 is 1.04 bits per heavy atom. The van der Waals surface area contributed by atoms with Crippen LogP contribution < -0.4 is 10.5 Å². The summed E-state index contributed by atoms with van der Waals surface area (Å²) in [5.41, 5.74) is 9.56. The highest BCUT2D eigenvalue weighted by Gasteiger charge is 2.12. The number of nitrogens with zero attached hydrogens (tertiary/aromatic N) is 3. The number of anilines is 1. The normalized spacial score (nSPS) is 10.8. The molecule has 2 aromatic heterocycles. The lowest BCUT2D eigenvalue weighted by atomic mass is 10.1. The predicted molar refractivity (Wildman–Crippen MR) is 99.7 cm³/mol. The number of nitrogen functional groups attached to an aromatic ring is 1. The molecule has 0 bridgehead atoms. The Labute approximate surface area is 150 Å². The van der Waals surface area contributed by atoms with Gasteiger partial charge in [-0.15, -0.1) is 0 Å². The average molecular weight is 346 g/mol. The fraction of sp³-hybridized carbons (Fsp3) is 0.100. The molecule has 26 heavy (non-hydrogen) atoms. The molecule has 6 heteroatoms. The van der Waals surface area contributed by atoms with Crippen LogP contribution in [0.1, 0.15) is 5.69 Å². The second-order valence-electron chi connectivity index (χ2n) is 5.85. The maximum atomic E-state index is 5.91. The van der Waals surface area contributed by atoms with Crippen molar-refractivity contribution in [1.82, 2.24) is 14.8 Å². The Hall–Kier alpha value is -3.54. The summed E-state index contributed by atoms with van der Waals surface area (Å²) in [5, 5.41) is 4.38. The van der Waals surface area contributed by atoms with Crippen LogP contribution in [0.3, 0.4) is 0 Å². The fourth-order valence-corrected chi connectivity index (χ4v) is 2.80. The quantitative estimate of drug-likeness (QED) is 0.594. The van der Waals surface area contributed by atoms with Crippen LogP contribution in [0, 0.1) is 0 Å². The van der Waals surface area contributed by atoms with Crippen molar-refractivity contribution < 1.29 is 9.15 Å². The first kappa shape index (κ1) is 16.0. The lowest BCUT2D eigenvalue weighted by molar-refractivity contribution is 0.415. The molecule has 0 atom stereocenters. The molecule has 0 saturated carbocycles. The number of oxazole rings is 1. The van der Waals surface area contributed by atoms with Gasteiger partial charge >= 0.3 is 0 Å². The maximum Gasteiger partial charge on any atom is 0.226 e. The predicted octanol–water partition coefficient (Wildman–Crippen LogP) is 3.84. The van der Waals surface area contributed by atoms with Crippen molar-refractivity contribution in [2.24, 2.45) is 0 Å². The van der Waals surface area contributed by atoms with E-state index in [1.54, 1.807) is 13.4 Å². The van der Waals surface area contributed by atoms with Gasteiger partial charge in [-0.3, -0.25) is 4.68 Å². The van der Waals surface area contributed by atoms with Crippen molar-refractivity contribution >= 4 is 5.82 Å². The van der Waals surface area contributed by atoms with E-state index in [9.17, 15) is 0 Å². The molecule has 4 aromatic rings. The smallest absolute Gasteiger partial charge is 0.226 e. The van der Waals surface area contributed by atoms with E-state index >= 15 is 0 Å². The van der Waals surface area contributed by atoms with E-state index in [-0.39, 0.29) is 0 Å².